The van der Waals surface area contributed by atoms with Crippen LogP contribution in [0.25, 0.3) is 0 Å². The Morgan fingerprint density at radius 2 is 1.79 bits per heavy atom. The van der Waals surface area contributed by atoms with Gasteiger partial charge in [0.2, 0.25) is 0 Å². The maximum atomic E-state index is 12.8. The molecule has 1 saturated heterocycles. The van der Waals surface area contributed by atoms with Gasteiger partial charge < -0.3 is 10.2 Å². The van der Waals surface area contributed by atoms with Gasteiger partial charge in [0.25, 0.3) is 15.9 Å². The number of nitrogens with zero attached hydrogens (tertiary/aromatic N) is 1. The van der Waals surface area contributed by atoms with Gasteiger partial charge >= 0.3 is 0 Å². The summed E-state index contributed by atoms with van der Waals surface area (Å²) in [4.78, 5) is 13.9. The highest BCUT2D eigenvalue weighted by Crippen LogP contribution is 2.22. The number of hydrogen-bond donors (Lipinski definition) is 2. The zero-order chi connectivity index (χ0) is 20.5. The molecule has 0 unspecified atom stereocenters. The number of carbonyl (C=O) groups is 1. The van der Waals surface area contributed by atoms with Gasteiger partial charge in [-0.3, -0.25) is 4.79 Å². The van der Waals surface area contributed by atoms with Crippen molar-refractivity contribution in [3.05, 3.63) is 46.3 Å². The van der Waals surface area contributed by atoms with Crippen LogP contribution in [-0.4, -0.2) is 50.9 Å². The Bertz CT molecular complexity index is 924. The Kier molecular flexibility index (Phi) is 6.24. The van der Waals surface area contributed by atoms with Crippen LogP contribution in [0.2, 0.25) is 0 Å². The largest absolute Gasteiger partial charge is 0.323 e. The first-order valence-electron chi connectivity index (χ1n) is 9.47. The van der Waals surface area contributed by atoms with Crippen molar-refractivity contribution < 1.29 is 18.1 Å². The summed E-state index contributed by atoms with van der Waals surface area (Å²) >= 11 is 1.24. The van der Waals surface area contributed by atoms with Crippen molar-refractivity contribution in [3.63, 3.8) is 0 Å². The smallest absolute Gasteiger partial charge is 0.282 e. The number of amides is 1. The molecule has 0 bridgehead atoms. The normalized spacial score (nSPS) is 17.4. The molecule has 1 aliphatic heterocycles. The molecule has 8 heteroatoms. The van der Waals surface area contributed by atoms with Crippen molar-refractivity contribution in [2.24, 2.45) is 0 Å². The fourth-order valence-corrected chi connectivity index (χ4v) is 6.36. The van der Waals surface area contributed by atoms with E-state index in [-0.39, 0.29) is 11.9 Å². The van der Waals surface area contributed by atoms with Crippen molar-refractivity contribution in [1.82, 2.24) is 4.31 Å². The van der Waals surface area contributed by atoms with Gasteiger partial charge in [-0.05, 0) is 50.3 Å². The SMILES string of the molecule is Cc1cc(C)c(NC(=O)[C@@H](C)[NH+]2CCN(S(=O)(=O)c3cccs3)CC2)c(C)c1. The van der Waals surface area contributed by atoms with Crippen molar-refractivity contribution in [3.8, 4) is 0 Å². The summed E-state index contributed by atoms with van der Waals surface area (Å²) in [5.74, 6) is -0.0281. The number of anilines is 1. The highest BCUT2D eigenvalue weighted by molar-refractivity contribution is 7.91. The third kappa shape index (κ3) is 4.30. The van der Waals surface area contributed by atoms with Gasteiger partial charge in [0, 0.05) is 5.69 Å². The summed E-state index contributed by atoms with van der Waals surface area (Å²) in [5.41, 5.74) is 4.16. The molecule has 0 aliphatic carbocycles. The third-order valence-corrected chi connectivity index (χ3v) is 8.66. The molecule has 1 aromatic carbocycles. The van der Waals surface area contributed by atoms with Crippen molar-refractivity contribution in [2.45, 2.75) is 37.9 Å². The van der Waals surface area contributed by atoms with E-state index >= 15 is 0 Å². The highest BCUT2D eigenvalue weighted by Gasteiger charge is 2.35. The number of thiophene rings is 1. The van der Waals surface area contributed by atoms with E-state index in [2.05, 4.69) is 17.4 Å². The first-order chi connectivity index (χ1) is 13.2. The molecule has 0 radical (unpaired) electrons. The van der Waals surface area contributed by atoms with Crippen LogP contribution >= 0.6 is 11.3 Å². The fraction of sp³-hybridized carbons (Fsp3) is 0.450. The lowest BCUT2D eigenvalue weighted by Gasteiger charge is -2.34. The fourth-order valence-electron chi connectivity index (χ4n) is 3.78. The van der Waals surface area contributed by atoms with Gasteiger partial charge in [-0.1, -0.05) is 23.8 Å². The minimum Gasteiger partial charge on any atom is -0.323 e. The quantitative estimate of drug-likeness (QED) is 0.769. The zero-order valence-electron chi connectivity index (χ0n) is 16.8. The predicted molar refractivity (Wildman–Crippen MR) is 113 cm³/mol. The van der Waals surface area contributed by atoms with Crippen LogP contribution in [0.4, 0.5) is 5.69 Å². The molecule has 1 aromatic heterocycles. The first-order valence-corrected chi connectivity index (χ1v) is 11.8. The summed E-state index contributed by atoms with van der Waals surface area (Å²) in [6.45, 7) is 10.0. The molecule has 0 saturated carbocycles. The van der Waals surface area contributed by atoms with Crippen LogP contribution in [-0.2, 0) is 14.8 Å². The Balaban J connectivity index is 1.62. The standard InChI is InChI=1S/C20H27N3O3S2/c1-14-12-15(2)19(16(3)13-14)21-20(24)17(4)22-7-9-23(10-8-22)28(25,26)18-6-5-11-27-18/h5-6,11-13,17H,7-10H2,1-4H3,(H,21,24)/p+1/t17-/m1/s1. The Hall–Kier alpha value is -1.74. The Morgan fingerprint density at radius 3 is 2.32 bits per heavy atom. The monoisotopic (exact) mass is 422 g/mol. The van der Waals surface area contributed by atoms with Crippen molar-refractivity contribution in [2.75, 3.05) is 31.5 Å². The predicted octanol–water partition coefficient (Wildman–Crippen LogP) is 1.59. The number of quaternary nitrogens is 1. The molecular weight excluding hydrogens is 394 g/mol. The van der Waals surface area contributed by atoms with E-state index in [1.807, 2.05) is 27.7 Å². The summed E-state index contributed by atoms with van der Waals surface area (Å²) in [6.07, 6.45) is 0. The molecule has 2 aromatic rings. The van der Waals surface area contributed by atoms with E-state index in [0.717, 1.165) is 21.7 Å². The van der Waals surface area contributed by atoms with Crippen LogP contribution in [0.5, 0.6) is 0 Å². The second-order valence-electron chi connectivity index (χ2n) is 7.48. The highest BCUT2D eigenvalue weighted by atomic mass is 32.2. The number of benzene rings is 1. The summed E-state index contributed by atoms with van der Waals surface area (Å²) in [7, 11) is -3.41. The molecule has 3 rings (SSSR count). The minimum absolute atomic E-state index is 0.0281. The van der Waals surface area contributed by atoms with Gasteiger partial charge in [0.05, 0.1) is 26.2 Å². The third-order valence-electron chi connectivity index (χ3n) is 5.38. The lowest BCUT2D eigenvalue weighted by Crippen LogP contribution is -3.19. The van der Waals surface area contributed by atoms with Gasteiger partial charge in [-0.15, -0.1) is 11.3 Å². The topological polar surface area (TPSA) is 70.9 Å². The van der Waals surface area contributed by atoms with Gasteiger partial charge in [0.15, 0.2) is 6.04 Å². The summed E-state index contributed by atoms with van der Waals surface area (Å²) in [6, 6.07) is 7.27. The average Bonchev–Trinajstić information content (AvgIpc) is 3.19. The van der Waals surface area contributed by atoms with Crippen molar-refractivity contribution >= 4 is 33.0 Å². The molecule has 1 aliphatic rings. The van der Waals surface area contributed by atoms with E-state index in [1.54, 1.807) is 17.5 Å². The number of aryl methyl sites for hydroxylation is 3. The summed E-state index contributed by atoms with van der Waals surface area (Å²) < 4.78 is 27.2. The van der Waals surface area contributed by atoms with Gasteiger partial charge in [-0.25, -0.2) is 8.42 Å². The summed E-state index contributed by atoms with van der Waals surface area (Å²) in [5, 5.41) is 4.85. The van der Waals surface area contributed by atoms with E-state index in [0.29, 0.717) is 30.4 Å². The van der Waals surface area contributed by atoms with Gasteiger partial charge in [-0.2, -0.15) is 4.31 Å². The van der Waals surface area contributed by atoms with E-state index < -0.39 is 10.0 Å². The van der Waals surface area contributed by atoms with E-state index in [1.165, 1.54) is 21.2 Å². The second-order valence-corrected chi connectivity index (χ2v) is 10.6. The second kappa shape index (κ2) is 8.32. The lowest BCUT2D eigenvalue weighted by molar-refractivity contribution is -0.917. The van der Waals surface area contributed by atoms with E-state index in [4.69, 9.17) is 0 Å². The maximum absolute atomic E-state index is 12.8. The number of piperazine rings is 1. The molecule has 2 heterocycles. The van der Waals surface area contributed by atoms with Crippen molar-refractivity contribution in [1.29, 1.82) is 0 Å². The molecule has 1 fully saturated rings. The number of rotatable bonds is 5. The van der Waals surface area contributed by atoms with Gasteiger partial charge in [0.1, 0.15) is 4.21 Å². The number of hydrogen-bond acceptors (Lipinski definition) is 4. The lowest BCUT2D eigenvalue weighted by atomic mass is 10.0. The first kappa shape index (κ1) is 21.0. The van der Waals surface area contributed by atoms with Crippen LogP contribution in [0.15, 0.2) is 33.9 Å². The number of sulfonamides is 1. The molecule has 28 heavy (non-hydrogen) atoms. The molecule has 152 valence electrons. The molecule has 1 amide bonds. The average molecular weight is 423 g/mol. The van der Waals surface area contributed by atoms with Crippen LogP contribution in [0.1, 0.15) is 23.6 Å². The molecule has 6 nitrogen and oxygen atoms in total. The minimum atomic E-state index is -3.41. The van der Waals surface area contributed by atoms with Crippen LogP contribution in [0.3, 0.4) is 0 Å². The molecular formula is C20H28N3O3S2+. The molecule has 2 N–H and O–H groups in total. The van der Waals surface area contributed by atoms with E-state index in [9.17, 15) is 13.2 Å². The molecule has 0 spiro atoms. The number of nitrogens with one attached hydrogen (secondary N) is 2. The van der Waals surface area contributed by atoms with Crippen LogP contribution < -0.4 is 10.2 Å². The Morgan fingerprint density at radius 1 is 1.18 bits per heavy atom. The maximum Gasteiger partial charge on any atom is 0.282 e. The number of carbonyl (C=O) groups excluding carboxylic acids is 1. The van der Waals surface area contributed by atoms with Crippen LogP contribution in [0, 0.1) is 20.8 Å². The molecule has 1 atom stereocenters. The Labute approximate surface area is 171 Å². The zero-order valence-corrected chi connectivity index (χ0v) is 18.4.